The van der Waals surface area contributed by atoms with Gasteiger partial charge in [-0.05, 0) is 50.2 Å². The van der Waals surface area contributed by atoms with E-state index in [2.05, 4.69) is 10.6 Å². The van der Waals surface area contributed by atoms with E-state index in [1.165, 1.54) is 0 Å². The largest absolute Gasteiger partial charge is 0.481 e. The summed E-state index contributed by atoms with van der Waals surface area (Å²) in [5, 5.41) is 16.0. The Hall–Kier alpha value is -3.15. The molecule has 0 aromatic heterocycles. The minimum atomic E-state index is -1.17. The maximum Gasteiger partial charge on any atom is 0.309 e. The molecule has 0 radical (unpaired) electrons. The van der Waals surface area contributed by atoms with Crippen LogP contribution in [0.1, 0.15) is 51.2 Å². The number of aliphatic carboxylic acids is 1. The number of rotatable bonds is 9. The van der Waals surface area contributed by atoms with Gasteiger partial charge in [0, 0.05) is 23.9 Å². The second-order valence-electron chi connectivity index (χ2n) is 10.5. The SMILES string of the molecule is CC1(C(=O)O)C[C@](C)(C(=O)NCCc2ccccc2)C[C@](C)(C(=O)NCCc2ccccc2)C1. The zero-order valence-electron chi connectivity index (χ0n) is 20.4. The van der Waals surface area contributed by atoms with Crippen molar-refractivity contribution in [2.45, 2.75) is 52.9 Å². The molecule has 0 spiro atoms. The second kappa shape index (κ2) is 10.4. The number of hydrogen-bond acceptors (Lipinski definition) is 3. The maximum absolute atomic E-state index is 13.3. The van der Waals surface area contributed by atoms with Crippen molar-refractivity contribution < 1.29 is 19.5 Å². The van der Waals surface area contributed by atoms with Gasteiger partial charge in [0.2, 0.25) is 11.8 Å². The topological polar surface area (TPSA) is 95.5 Å². The molecule has 0 heterocycles. The third kappa shape index (κ3) is 6.04. The number of carbonyl (C=O) groups is 3. The molecule has 1 aliphatic carbocycles. The van der Waals surface area contributed by atoms with Crippen LogP contribution in [0.15, 0.2) is 60.7 Å². The Morgan fingerprint density at radius 3 is 1.38 bits per heavy atom. The molecule has 2 amide bonds. The quantitative estimate of drug-likeness (QED) is 0.523. The van der Waals surface area contributed by atoms with Crippen molar-refractivity contribution in [1.82, 2.24) is 10.6 Å². The maximum atomic E-state index is 13.3. The summed E-state index contributed by atoms with van der Waals surface area (Å²) in [6, 6.07) is 19.8. The van der Waals surface area contributed by atoms with Crippen LogP contribution in [0, 0.1) is 16.2 Å². The average molecular weight is 465 g/mol. The fraction of sp³-hybridized carbons (Fsp3) is 0.464. The minimum absolute atomic E-state index is 0.194. The molecule has 3 N–H and O–H groups in total. The standard InChI is InChI=1S/C28H36N2O4/c1-26(23(31)29-16-14-21-10-6-4-7-11-21)18-27(2,20-28(3,19-26)25(33)34)24(32)30-17-15-22-12-8-5-9-13-22/h4-13H,14-20H2,1-3H3,(H,29,31)(H,30,32)(H,33,34)/t26-,27+,28?. The number of amides is 2. The van der Waals surface area contributed by atoms with Crippen LogP contribution in [0.4, 0.5) is 0 Å². The van der Waals surface area contributed by atoms with Gasteiger partial charge in [0.15, 0.2) is 0 Å². The number of nitrogens with one attached hydrogen (secondary N) is 2. The van der Waals surface area contributed by atoms with E-state index in [9.17, 15) is 19.5 Å². The lowest BCUT2D eigenvalue weighted by Crippen LogP contribution is -2.56. The molecule has 2 aromatic carbocycles. The van der Waals surface area contributed by atoms with Crippen molar-refractivity contribution >= 4 is 17.8 Å². The van der Waals surface area contributed by atoms with E-state index in [1.807, 2.05) is 60.7 Å². The van der Waals surface area contributed by atoms with Crippen LogP contribution >= 0.6 is 0 Å². The number of carbonyl (C=O) groups excluding carboxylic acids is 2. The predicted molar refractivity (Wildman–Crippen MR) is 132 cm³/mol. The summed E-state index contributed by atoms with van der Waals surface area (Å²) in [4.78, 5) is 38.8. The van der Waals surface area contributed by atoms with Crippen LogP contribution in [0.3, 0.4) is 0 Å². The zero-order valence-corrected chi connectivity index (χ0v) is 20.4. The van der Waals surface area contributed by atoms with E-state index in [4.69, 9.17) is 0 Å². The molecular weight excluding hydrogens is 428 g/mol. The molecule has 1 fully saturated rings. The first-order chi connectivity index (χ1) is 16.1. The van der Waals surface area contributed by atoms with Crippen molar-refractivity contribution in [2.75, 3.05) is 13.1 Å². The Labute approximate surface area is 202 Å². The Kier molecular flexibility index (Phi) is 7.80. The molecule has 2 aromatic rings. The van der Waals surface area contributed by atoms with E-state index in [0.29, 0.717) is 32.4 Å². The van der Waals surface area contributed by atoms with Crippen molar-refractivity contribution in [3.05, 3.63) is 71.8 Å². The molecule has 0 saturated heterocycles. The highest BCUT2D eigenvalue weighted by Crippen LogP contribution is 2.54. The molecule has 1 aliphatic rings. The molecule has 34 heavy (non-hydrogen) atoms. The van der Waals surface area contributed by atoms with Crippen molar-refractivity contribution in [2.24, 2.45) is 16.2 Å². The highest BCUT2D eigenvalue weighted by molar-refractivity contribution is 5.89. The second-order valence-corrected chi connectivity index (χ2v) is 10.5. The van der Waals surface area contributed by atoms with Crippen LogP contribution < -0.4 is 10.6 Å². The van der Waals surface area contributed by atoms with Gasteiger partial charge in [-0.25, -0.2) is 0 Å². The summed E-state index contributed by atoms with van der Waals surface area (Å²) in [6.45, 7) is 6.16. The lowest BCUT2D eigenvalue weighted by Gasteiger charge is -2.49. The lowest BCUT2D eigenvalue weighted by molar-refractivity contribution is -0.163. The van der Waals surface area contributed by atoms with E-state index in [0.717, 1.165) is 11.1 Å². The third-order valence-corrected chi connectivity index (χ3v) is 7.04. The highest BCUT2D eigenvalue weighted by Gasteiger charge is 2.57. The van der Waals surface area contributed by atoms with Gasteiger partial charge < -0.3 is 15.7 Å². The van der Waals surface area contributed by atoms with Crippen LogP contribution in [-0.4, -0.2) is 36.0 Å². The molecule has 3 rings (SSSR count). The Morgan fingerprint density at radius 1 is 0.676 bits per heavy atom. The first-order valence-electron chi connectivity index (χ1n) is 11.9. The molecule has 6 heteroatoms. The average Bonchev–Trinajstić information content (AvgIpc) is 2.79. The minimum Gasteiger partial charge on any atom is -0.481 e. The normalized spacial score (nSPS) is 26.4. The number of carboxylic acid groups (broad SMARTS) is 1. The molecule has 6 nitrogen and oxygen atoms in total. The van der Waals surface area contributed by atoms with Gasteiger partial charge in [0.25, 0.3) is 0 Å². The fourth-order valence-corrected chi connectivity index (χ4v) is 5.60. The van der Waals surface area contributed by atoms with Gasteiger partial charge in [-0.3, -0.25) is 14.4 Å². The molecule has 3 atom stereocenters. The summed E-state index contributed by atoms with van der Waals surface area (Å²) >= 11 is 0. The Balaban J connectivity index is 1.69. The van der Waals surface area contributed by atoms with Crippen LogP contribution in [0.2, 0.25) is 0 Å². The predicted octanol–water partition coefficient (Wildman–Crippen LogP) is 3.99. The molecule has 1 saturated carbocycles. The fourth-order valence-electron chi connectivity index (χ4n) is 5.60. The van der Waals surface area contributed by atoms with Crippen molar-refractivity contribution in [1.29, 1.82) is 0 Å². The van der Waals surface area contributed by atoms with Gasteiger partial charge in [0.1, 0.15) is 0 Å². The summed E-state index contributed by atoms with van der Waals surface area (Å²) in [7, 11) is 0. The van der Waals surface area contributed by atoms with Gasteiger partial charge >= 0.3 is 5.97 Å². The number of hydrogen-bond donors (Lipinski definition) is 3. The van der Waals surface area contributed by atoms with E-state index < -0.39 is 22.2 Å². The van der Waals surface area contributed by atoms with Crippen molar-refractivity contribution in [3.8, 4) is 0 Å². The first-order valence-corrected chi connectivity index (χ1v) is 11.9. The number of benzene rings is 2. The van der Waals surface area contributed by atoms with Gasteiger partial charge in [-0.1, -0.05) is 74.5 Å². The molecule has 0 aliphatic heterocycles. The first kappa shape index (κ1) is 25.5. The van der Waals surface area contributed by atoms with E-state index in [1.54, 1.807) is 20.8 Å². The van der Waals surface area contributed by atoms with Gasteiger partial charge in [-0.2, -0.15) is 0 Å². The Bertz CT molecular complexity index is 936. The van der Waals surface area contributed by atoms with Crippen LogP contribution in [0.25, 0.3) is 0 Å². The third-order valence-electron chi connectivity index (χ3n) is 7.04. The molecule has 182 valence electrons. The highest BCUT2D eigenvalue weighted by atomic mass is 16.4. The summed E-state index contributed by atoms with van der Waals surface area (Å²) in [5.74, 6) is -1.36. The molecule has 0 bridgehead atoms. The summed E-state index contributed by atoms with van der Waals surface area (Å²) < 4.78 is 0. The monoisotopic (exact) mass is 464 g/mol. The van der Waals surface area contributed by atoms with Crippen molar-refractivity contribution in [3.63, 3.8) is 0 Å². The summed E-state index contributed by atoms with van der Waals surface area (Å²) in [6.07, 6.45) is 2.07. The zero-order chi connectivity index (χ0) is 24.8. The summed E-state index contributed by atoms with van der Waals surface area (Å²) in [5.41, 5.74) is -0.861. The van der Waals surface area contributed by atoms with Crippen LogP contribution in [-0.2, 0) is 27.2 Å². The molecular formula is C28H36N2O4. The van der Waals surface area contributed by atoms with E-state index in [-0.39, 0.29) is 24.7 Å². The smallest absolute Gasteiger partial charge is 0.309 e. The Morgan fingerprint density at radius 2 is 1.03 bits per heavy atom. The van der Waals surface area contributed by atoms with Gasteiger partial charge in [-0.15, -0.1) is 0 Å². The van der Waals surface area contributed by atoms with E-state index >= 15 is 0 Å². The van der Waals surface area contributed by atoms with Gasteiger partial charge in [0.05, 0.1) is 5.41 Å². The number of carboxylic acids is 1. The lowest BCUT2D eigenvalue weighted by atomic mass is 9.54. The van der Waals surface area contributed by atoms with Crippen LogP contribution in [0.5, 0.6) is 0 Å². The molecule has 1 unspecified atom stereocenters.